The van der Waals surface area contributed by atoms with Gasteiger partial charge in [-0.1, -0.05) is 32.8 Å². The Hall–Kier alpha value is -1.38. The van der Waals surface area contributed by atoms with Crippen LogP contribution in [-0.2, 0) is 0 Å². The average molecular weight is 260 g/mol. The zero-order valence-electron chi connectivity index (χ0n) is 12.0. The van der Waals surface area contributed by atoms with E-state index >= 15 is 0 Å². The lowest BCUT2D eigenvalue weighted by Crippen LogP contribution is -2.26. The summed E-state index contributed by atoms with van der Waals surface area (Å²) in [6, 6.07) is 4.33. The van der Waals surface area contributed by atoms with Crippen LogP contribution in [0.25, 0.3) is 0 Å². The van der Waals surface area contributed by atoms with Gasteiger partial charge in [-0.2, -0.15) is 0 Å². The summed E-state index contributed by atoms with van der Waals surface area (Å²) >= 11 is 0. The van der Waals surface area contributed by atoms with E-state index < -0.39 is 0 Å². The van der Waals surface area contributed by atoms with Crippen LogP contribution in [0.2, 0.25) is 0 Å². The monoisotopic (exact) mass is 260 g/mol. The van der Waals surface area contributed by atoms with E-state index in [0.29, 0.717) is 17.7 Å². The van der Waals surface area contributed by atoms with Crippen LogP contribution in [0.4, 0.5) is 0 Å². The van der Waals surface area contributed by atoms with Gasteiger partial charge < -0.3 is 5.32 Å². The summed E-state index contributed by atoms with van der Waals surface area (Å²) in [5.74, 6) is 0.555. The third kappa shape index (κ3) is 4.05. The summed E-state index contributed by atoms with van der Waals surface area (Å²) in [4.78, 5) is 16.2. The Morgan fingerprint density at radius 2 is 2.00 bits per heavy atom. The number of carbonyl (C=O) groups is 1. The molecular formula is C16H24N2O. The average Bonchev–Trinajstić information content (AvgIpc) is 3.23. The van der Waals surface area contributed by atoms with Gasteiger partial charge in [-0.05, 0) is 43.2 Å². The second-order valence-electron chi connectivity index (χ2n) is 5.50. The fourth-order valence-electron chi connectivity index (χ4n) is 2.44. The third-order valence-electron chi connectivity index (χ3n) is 3.68. The second kappa shape index (κ2) is 6.69. The van der Waals surface area contributed by atoms with Gasteiger partial charge in [0.05, 0.1) is 0 Å². The number of carbonyl (C=O) groups excluding carboxylic acids is 1. The highest BCUT2D eigenvalue weighted by Crippen LogP contribution is 2.26. The molecule has 0 saturated heterocycles. The number of rotatable bonds is 7. The predicted octanol–water partition coefficient (Wildman–Crippen LogP) is 3.66. The van der Waals surface area contributed by atoms with Crippen molar-refractivity contribution < 1.29 is 4.79 Å². The molecule has 2 rings (SSSR count). The SMILES string of the molecule is CCCC(CCC)c1ccc(C(=O)NC2CC2)nc1. The van der Waals surface area contributed by atoms with E-state index in [1.807, 2.05) is 12.3 Å². The van der Waals surface area contributed by atoms with Crippen molar-refractivity contribution in [2.75, 3.05) is 0 Å². The van der Waals surface area contributed by atoms with Crippen molar-refractivity contribution in [1.82, 2.24) is 10.3 Å². The van der Waals surface area contributed by atoms with E-state index in [0.717, 1.165) is 12.8 Å². The van der Waals surface area contributed by atoms with Crippen molar-refractivity contribution in [3.8, 4) is 0 Å². The topological polar surface area (TPSA) is 42.0 Å². The number of pyridine rings is 1. The normalized spacial score (nSPS) is 14.7. The first kappa shape index (κ1) is 14.0. The first-order valence-corrected chi connectivity index (χ1v) is 7.51. The lowest BCUT2D eigenvalue weighted by Gasteiger charge is -2.15. The van der Waals surface area contributed by atoms with Gasteiger partial charge in [0.25, 0.3) is 5.91 Å². The first-order chi connectivity index (χ1) is 9.24. The number of hydrogen-bond acceptors (Lipinski definition) is 2. The number of nitrogens with one attached hydrogen (secondary N) is 1. The molecule has 104 valence electrons. The zero-order chi connectivity index (χ0) is 13.7. The van der Waals surface area contributed by atoms with Crippen molar-refractivity contribution in [2.45, 2.75) is 64.3 Å². The van der Waals surface area contributed by atoms with Gasteiger partial charge in [0, 0.05) is 12.2 Å². The lowest BCUT2D eigenvalue weighted by molar-refractivity contribution is 0.0946. The molecule has 1 aliphatic rings. The van der Waals surface area contributed by atoms with Gasteiger partial charge in [0.1, 0.15) is 5.69 Å². The van der Waals surface area contributed by atoms with Crippen molar-refractivity contribution in [1.29, 1.82) is 0 Å². The van der Waals surface area contributed by atoms with Crippen LogP contribution in [0.1, 0.15) is 74.3 Å². The molecule has 1 aromatic heterocycles. The number of hydrogen-bond donors (Lipinski definition) is 1. The van der Waals surface area contributed by atoms with E-state index in [1.165, 1.54) is 31.2 Å². The van der Waals surface area contributed by atoms with Gasteiger partial charge in [0.15, 0.2) is 0 Å². The molecule has 1 amide bonds. The van der Waals surface area contributed by atoms with Crippen molar-refractivity contribution in [3.63, 3.8) is 0 Å². The van der Waals surface area contributed by atoms with Crippen LogP contribution >= 0.6 is 0 Å². The Bertz CT molecular complexity index is 403. The van der Waals surface area contributed by atoms with Crippen molar-refractivity contribution in [3.05, 3.63) is 29.6 Å². The quantitative estimate of drug-likeness (QED) is 0.813. The van der Waals surface area contributed by atoms with Crippen LogP contribution in [0, 0.1) is 0 Å². The fourth-order valence-corrected chi connectivity index (χ4v) is 2.44. The summed E-state index contributed by atoms with van der Waals surface area (Å²) in [6.45, 7) is 4.43. The molecule has 3 nitrogen and oxygen atoms in total. The molecule has 1 N–H and O–H groups in total. The highest BCUT2D eigenvalue weighted by atomic mass is 16.2. The molecule has 1 aliphatic carbocycles. The number of nitrogens with zero attached hydrogens (tertiary/aromatic N) is 1. The summed E-state index contributed by atoms with van der Waals surface area (Å²) < 4.78 is 0. The molecule has 0 radical (unpaired) electrons. The summed E-state index contributed by atoms with van der Waals surface area (Å²) in [7, 11) is 0. The summed E-state index contributed by atoms with van der Waals surface area (Å²) in [6.07, 6.45) is 8.88. The minimum Gasteiger partial charge on any atom is -0.348 e. The maximum Gasteiger partial charge on any atom is 0.270 e. The summed E-state index contributed by atoms with van der Waals surface area (Å²) in [5.41, 5.74) is 1.81. The van der Waals surface area contributed by atoms with Crippen LogP contribution in [0.5, 0.6) is 0 Å². The second-order valence-corrected chi connectivity index (χ2v) is 5.50. The molecule has 1 fully saturated rings. The zero-order valence-corrected chi connectivity index (χ0v) is 12.0. The molecule has 0 atom stereocenters. The highest BCUT2D eigenvalue weighted by Gasteiger charge is 2.24. The Morgan fingerprint density at radius 1 is 1.32 bits per heavy atom. The molecule has 0 bridgehead atoms. The van der Waals surface area contributed by atoms with Gasteiger partial charge in [-0.25, -0.2) is 0 Å². The molecular weight excluding hydrogens is 236 g/mol. The van der Waals surface area contributed by atoms with Crippen LogP contribution in [-0.4, -0.2) is 16.9 Å². The number of amides is 1. The molecule has 0 aliphatic heterocycles. The van der Waals surface area contributed by atoms with Crippen molar-refractivity contribution in [2.24, 2.45) is 0 Å². The molecule has 19 heavy (non-hydrogen) atoms. The van der Waals surface area contributed by atoms with E-state index in [1.54, 1.807) is 0 Å². The maximum atomic E-state index is 11.9. The van der Waals surface area contributed by atoms with E-state index in [4.69, 9.17) is 0 Å². The molecule has 0 aromatic carbocycles. The Balaban J connectivity index is 2.00. The first-order valence-electron chi connectivity index (χ1n) is 7.51. The smallest absolute Gasteiger partial charge is 0.270 e. The molecule has 1 aromatic rings. The van der Waals surface area contributed by atoms with Gasteiger partial charge in [-0.15, -0.1) is 0 Å². The molecule has 0 spiro atoms. The molecule has 0 unspecified atom stereocenters. The molecule has 1 saturated carbocycles. The summed E-state index contributed by atoms with van der Waals surface area (Å²) in [5, 5.41) is 2.97. The minimum absolute atomic E-state index is 0.0309. The Morgan fingerprint density at radius 3 is 2.47 bits per heavy atom. The largest absolute Gasteiger partial charge is 0.348 e. The van der Waals surface area contributed by atoms with Crippen molar-refractivity contribution >= 4 is 5.91 Å². The molecule has 1 heterocycles. The van der Waals surface area contributed by atoms with Gasteiger partial charge in [-0.3, -0.25) is 9.78 Å². The fraction of sp³-hybridized carbons (Fsp3) is 0.625. The highest BCUT2D eigenvalue weighted by molar-refractivity contribution is 5.92. The van der Waals surface area contributed by atoms with Gasteiger partial charge in [0.2, 0.25) is 0 Å². The minimum atomic E-state index is -0.0309. The van der Waals surface area contributed by atoms with Crippen LogP contribution < -0.4 is 5.32 Å². The standard InChI is InChI=1S/C16H24N2O/c1-3-5-12(6-4-2)13-7-10-15(17-11-13)16(19)18-14-8-9-14/h7,10-12,14H,3-6,8-9H2,1-2H3,(H,18,19). The van der Waals surface area contributed by atoms with E-state index in [-0.39, 0.29) is 5.91 Å². The number of aromatic nitrogens is 1. The molecule has 3 heteroatoms. The van der Waals surface area contributed by atoms with E-state index in [2.05, 4.69) is 30.2 Å². The van der Waals surface area contributed by atoms with Crippen LogP contribution in [0.15, 0.2) is 18.3 Å². The maximum absolute atomic E-state index is 11.9. The predicted molar refractivity (Wildman–Crippen MR) is 77.3 cm³/mol. The Labute approximate surface area is 115 Å². The Kier molecular flexibility index (Phi) is 4.94. The van der Waals surface area contributed by atoms with Crippen LogP contribution in [0.3, 0.4) is 0 Å². The van der Waals surface area contributed by atoms with E-state index in [9.17, 15) is 4.79 Å². The van der Waals surface area contributed by atoms with Gasteiger partial charge >= 0.3 is 0 Å². The third-order valence-corrected chi connectivity index (χ3v) is 3.68. The lowest BCUT2D eigenvalue weighted by atomic mass is 9.91.